The summed E-state index contributed by atoms with van der Waals surface area (Å²) in [6.07, 6.45) is 11.4. The number of hydrogen-bond donors (Lipinski definition) is 0. The van der Waals surface area contributed by atoms with Crippen LogP contribution in [0, 0.1) is 12.3 Å². The van der Waals surface area contributed by atoms with Gasteiger partial charge in [-0.1, -0.05) is 0 Å². The SMILES string of the molecule is [CH]1CCC(Cc2ccncc2)C1. The van der Waals surface area contributed by atoms with Gasteiger partial charge in [0.15, 0.2) is 0 Å². The molecule has 1 heterocycles. The van der Waals surface area contributed by atoms with Gasteiger partial charge in [-0.15, -0.1) is 0 Å². The van der Waals surface area contributed by atoms with E-state index in [0.29, 0.717) is 0 Å². The molecule has 1 fully saturated rings. The molecule has 1 unspecified atom stereocenters. The van der Waals surface area contributed by atoms with Crippen molar-refractivity contribution in [2.24, 2.45) is 5.92 Å². The number of nitrogens with zero attached hydrogens (tertiary/aromatic N) is 1. The van der Waals surface area contributed by atoms with Crippen molar-refractivity contribution in [2.45, 2.75) is 25.7 Å². The van der Waals surface area contributed by atoms with E-state index in [1.54, 1.807) is 0 Å². The van der Waals surface area contributed by atoms with Crippen molar-refractivity contribution in [3.8, 4) is 0 Å². The standard InChI is InChI=1S/C11H14N/c1-2-4-10(3-1)9-11-5-7-12-8-6-11/h1,5-8,10H,2-4,9H2. The number of hydrogen-bond acceptors (Lipinski definition) is 1. The Labute approximate surface area is 73.8 Å². The van der Waals surface area contributed by atoms with E-state index in [-0.39, 0.29) is 0 Å². The minimum absolute atomic E-state index is 0.896. The van der Waals surface area contributed by atoms with Crippen LogP contribution in [0.3, 0.4) is 0 Å². The zero-order valence-corrected chi connectivity index (χ0v) is 7.24. The van der Waals surface area contributed by atoms with Gasteiger partial charge in [0.25, 0.3) is 0 Å². The third kappa shape index (κ3) is 1.84. The van der Waals surface area contributed by atoms with E-state index in [9.17, 15) is 0 Å². The monoisotopic (exact) mass is 160 g/mol. The highest BCUT2D eigenvalue weighted by atomic mass is 14.6. The molecule has 1 atom stereocenters. The van der Waals surface area contributed by atoms with Gasteiger partial charge in [0.05, 0.1) is 0 Å². The fourth-order valence-electron chi connectivity index (χ4n) is 1.86. The van der Waals surface area contributed by atoms with E-state index in [0.717, 1.165) is 5.92 Å². The number of rotatable bonds is 2. The minimum Gasteiger partial charge on any atom is -0.265 e. The summed E-state index contributed by atoms with van der Waals surface area (Å²) in [7, 11) is 0. The second-order valence-electron chi connectivity index (χ2n) is 3.53. The Morgan fingerprint density at radius 2 is 2.17 bits per heavy atom. The molecule has 1 nitrogen and oxygen atoms in total. The van der Waals surface area contributed by atoms with Crippen LogP contribution in [0.2, 0.25) is 0 Å². The van der Waals surface area contributed by atoms with Gasteiger partial charge in [0, 0.05) is 12.4 Å². The largest absolute Gasteiger partial charge is 0.265 e. The van der Waals surface area contributed by atoms with E-state index < -0.39 is 0 Å². The molecule has 0 aromatic carbocycles. The highest BCUT2D eigenvalue weighted by Crippen LogP contribution is 2.26. The van der Waals surface area contributed by atoms with E-state index in [1.165, 1.54) is 31.2 Å². The number of aromatic nitrogens is 1. The zero-order chi connectivity index (χ0) is 8.23. The van der Waals surface area contributed by atoms with E-state index >= 15 is 0 Å². The Kier molecular flexibility index (Phi) is 2.40. The maximum absolute atomic E-state index is 4.01. The first-order valence-electron chi connectivity index (χ1n) is 4.66. The highest BCUT2D eigenvalue weighted by molar-refractivity contribution is 5.11. The van der Waals surface area contributed by atoms with Gasteiger partial charge in [-0.05, 0) is 55.7 Å². The first kappa shape index (κ1) is 7.78. The lowest BCUT2D eigenvalue weighted by Crippen LogP contribution is -1.98. The van der Waals surface area contributed by atoms with Crippen molar-refractivity contribution < 1.29 is 0 Å². The maximum Gasteiger partial charge on any atom is 0.0270 e. The summed E-state index contributed by atoms with van der Waals surface area (Å²) >= 11 is 0. The molecule has 1 aliphatic rings. The van der Waals surface area contributed by atoms with Crippen molar-refractivity contribution in [3.05, 3.63) is 36.5 Å². The molecule has 2 rings (SSSR count). The maximum atomic E-state index is 4.01. The molecule has 0 aliphatic heterocycles. The van der Waals surface area contributed by atoms with Gasteiger partial charge in [-0.25, -0.2) is 0 Å². The van der Waals surface area contributed by atoms with Crippen LogP contribution in [0.5, 0.6) is 0 Å². The molecule has 1 aliphatic carbocycles. The molecule has 1 aromatic rings. The van der Waals surface area contributed by atoms with Crippen molar-refractivity contribution >= 4 is 0 Å². The molecule has 63 valence electrons. The van der Waals surface area contributed by atoms with Crippen LogP contribution in [-0.4, -0.2) is 4.98 Å². The van der Waals surface area contributed by atoms with E-state index in [1.807, 2.05) is 12.4 Å². The predicted molar refractivity (Wildman–Crippen MR) is 49.6 cm³/mol. The van der Waals surface area contributed by atoms with Gasteiger partial charge in [0.2, 0.25) is 0 Å². The third-order valence-corrected chi connectivity index (χ3v) is 2.55. The van der Waals surface area contributed by atoms with Gasteiger partial charge >= 0.3 is 0 Å². The Hall–Kier alpha value is -0.850. The van der Waals surface area contributed by atoms with Gasteiger partial charge in [-0.3, -0.25) is 4.98 Å². The molecule has 1 heteroatoms. The lowest BCUT2D eigenvalue weighted by molar-refractivity contribution is 0.553. The molecule has 1 aromatic heterocycles. The van der Waals surface area contributed by atoms with Gasteiger partial charge in [0.1, 0.15) is 0 Å². The summed E-state index contributed by atoms with van der Waals surface area (Å²) in [5.74, 6) is 0.896. The summed E-state index contributed by atoms with van der Waals surface area (Å²) in [6.45, 7) is 0. The molecule has 0 N–H and O–H groups in total. The first-order chi connectivity index (χ1) is 5.95. The molecule has 0 spiro atoms. The lowest BCUT2D eigenvalue weighted by atomic mass is 9.99. The lowest BCUT2D eigenvalue weighted by Gasteiger charge is -2.07. The molecule has 1 radical (unpaired) electrons. The van der Waals surface area contributed by atoms with Crippen LogP contribution >= 0.6 is 0 Å². The van der Waals surface area contributed by atoms with Crippen LogP contribution < -0.4 is 0 Å². The molecule has 0 saturated heterocycles. The summed E-state index contributed by atoms with van der Waals surface area (Å²) < 4.78 is 0. The van der Waals surface area contributed by atoms with E-state index in [2.05, 4.69) is 23.5 Å². The fraction of sp³-hybridized carbons (Fsp3) is 0.455. The summed E-state index contributed by atoms with van der Waals surface area (Å²) in [5.41, 5.74) is 1.44. The average Bonchev–Trinajstić information content (AvgIpc) is 2.59. The van der Waals surface area contributed by atoms with Crippen LogP contribution in [0.15, 0.2) is 24.5 Å². The van der Waals surface area contributed by atoms with Crippen LogP contribution in [0.25, 0.3) is 0 Å². The van der Waals surface area contributed by atoms with Crippen molar-refractivity contribution in [3.63, 3.8) is 0 Å². The quantitative estimate of drug-likeness (QED) is 0.648. The minimum atomic E-state index is 0.896. The molecular weight excluding hydrogens is 146 g/mol. The summed E-state index contributed by atoms with van der Waals surface area (Å²) in [5, 5.41) is 0. The highest BCUT2D eigenvalue weighted by Gasteiger charge is 2.14. The van der Waals surface area contributed by atoms with Crippen LogP contribution in [0.1, 0.15) is 24.8 Å². The second-order valence-corrected chi connectivity index (χ2v) is 3.53. The predicted octanol–water partition coefficient (Wildman–Crippen LogP) is 2.63. The zero-order valence-electron chi connectivity index (χ0n) is 7.24. The average molecular weight is 160 g/mol. The molecule has 12 heavy (non-hydrogen) atoms. The van der Waals surface area contributed by atoms with Crippen molar-refractivity contribution in [1.29, 1.82) is 0 Å². The Morgan fingerprint density at radius 3 is 2.83 bits per heavy atom. The van der Waals surface area contributed by atoms with Crippen molar-refractivity contribution in [2.75, 3.05) is 0 Å². The summed E-state index contributed by atoms with van der Waals surface area (Å²) in [6, 6.07) is 4.25. The van der Waals surface area contributed by atoms with Gasteiger partial charge < -0.3 is 0 Å². The van der Waals surface area contributed by atoms with E-state index in [4.69, 9.17) is 0 Å². The Bertz CT molecular complexity index is 224. The summed E-state index contributed by atoms with van der Waals surface area (Å²) in [4.78, 5) is 4.01. The normalized spacial score (nSPS) is 18.3. The Morgan fingerprint density at radius 1 is 1.33 bits per heavy atom. The third-order valence-electron chi connectivity index (χ3n) is 2.55. The first-order valence-corrected chi connectivity index (χ1v) is 4.66. The fourth-order valence-corrected chi connectivity index (χ4v) is 1.86. The molecule has 1 saturated carbocycles. The van der Waals surface area contributed by atoms with Crippen LogP contribution in [0.4, 0.5) is 0 Å². The molecule has 0 bridgehead atoms. The number of pyridine rings is 1. The van der Waals surface area contributed by atoms with Gasteiger partial charge in [-0.2, -0.15) is 0 Å². The smallest absolute Gasteiger partial charge is 0.0270 e. The second kappa shape index (κ2) is 3.70. The Balaban J connectivity index is 1.94. The molecular formula is C11H14N. The topological polar surface area (TPSA) is 12.9 Å². The molecule has 0 amide bonds. The van der Waals surface area contributed by atoms with Crippen molar-refractivity contribution in [1.82, 2.24) is 4.98 Å². The van der Waals surface area contributed by atoms with Crippen LogP contribution in [-0.2, 0) is 6.42 Å².